The zero-order valence-corrected chi connectivity index (χ0v) is 18.9. The molecule has 2 heteroatoms. The van der Waals surface area contributed by atoms with Gasteiger partial charge in [0.1, 0.15) is 6.54 Å². The van der Waals surface area contributed by atoms with E-state index < -0.39 is 0 Å². The van der Waals surface area contributed by atoms with E-state index in [0.29, 0.717) is 0 Å². The molecule has 0 fully saturated rings. The second-order valence-corrected chi connectivity index (χ2v) is 8.00. The lowest BCUT2D eigenvalue weighted by atomic mass is 10.1. The molecule has 0 aliphatic carbocycles. The van der Waals surface area contributed by atoms with Crippen molar-refractivity contribution in [1.29, 1.82) is 0 Å². The minimum absolute atomic E-state index is 1.01. The average Bonchev–Trinajstić information content (AvgIpc) is 2.77. The van der Waals surface area contributed by atoms with Crippen LogP contribution in [0.3, 0.4) is 0 Å². The molecule has 1 heterocycles. The lowest BCUT2D eigenvalue weighted by Crippen LogP contribution is -2.30. The quantitative estimate of drug-likeness (QED) is 0.244. The Labute approximate surface area is 179 Å². The summed E-state index contributed by atoms with van der Waals surface area (Å²) in [6, 6.07) is 13.5. The van der Waals surface area contributed by atoms with E-state index in [-0.39, 0.29) is 0 Å². The van der Waals surface area contributed by atoms with Crippen LogP contribution in [0.4, 0.5) is 5.69 Å². The highest BCUT2D eigenvalue weighted by molar-refractivity contribution is 5.70. The third-order valence-corrected chi connectivity index (χ3v) is 5.57. The van der Waals surface area contributed by atoms with Gasteiger partial charge in [-0.05, 0) is 43.0 Å². The maximum absolute atomic E-state index is 2.60. The molecule has 0 unspecified atom stereocenters. The molecule has 1 aromatic heterocycles. The zero-order valence-electron chi connectivity index (χ0n) is 18.9. The van der Waals surface area contributed by atoms with Crippen molar-refractivity contribution in [3.8, 4) is 0 Å². The molecule has 2 nitrogen and oxygen atoms in total. The maximum Gasteiger partial charge on any atom is 0.169 e. The molecule has 0 amide bonds. The van der Waals surface area contributed by atoms with Crippen molar-refractivity contribution in [2.45, 2.75) is 78.7 Å². The molecule has 0 N–H and O–H groups in total. The van der Waals surface area contributed by atoms with Gasteiger partial charge >= 0.3 is 0 Å². The third-order valence-electron chi connectivity index (χ3n) is 5.57. The van der Waals surface area contributed by atoms with E-state index in [4.69, 9.17) is 0 Å². The van der Waals surface area contributed by atoms with E-state index >= 15 is 0 Å². The molecular weight excluding hydrogens is 352 g/mol. The Morgan fingerprint density at radius 1 is 0.655 bits per heavy atom. The molecule has 0 saturated heterocycles. The van der Waals surface area contributed by atoms with Crippen LogP contribution in [-0.4, -0.2) is 13.1 Å². The minimum atomic E-state index is 1.01. The number of benzene rings is 1. The molecule has 0 radical (unpaired) electrons. The molecule has 0 atom stereocenters. The molecular formula is C27H41N2+. The predicted molar refractivity (Wildman–Crippen MR) is 128 cm³/mol. The first-order valence-corrected chi connectivity index (χ1v) is 11.8. The Bertz CT molecular complexity index is 673. The van der Waals surface area contributed by atoms with Gasteiger partial charge in [0.2, 0.25) is 0 Å². The van der Waals surface area contributed by atoms with Crippen LogP contribution in [-0.2, 0) is 6.54 Å². The van der Waals surface area contributed by atoms with Crippen molar-refractivity contribution >= 4 is 17.8 Å². The summed E-state index contributed by atoms with van der Waals surface area (Å²) in [6.07, 6.45) is 19.3. The smallest absolute Gasteiger partial charge is 0.169 e. The molecule has 2 rings (SSSR count). The molecule has 158 valence electrons. The standard InChI is InChI=1S/C27H41N2/c1-4-7-9-11-21-29(22-12-10-8-5-2)27-17-15-25(16-18-27)13-14-26-19-23-28(6-3)24-20-26/h13-20,23-24H,4-12,21-22H2,1-3H3/q+1. The number of hydrogen-bond acceptors (Lipinski definition) is 1. The number of aryl methyl sites for hydroxylation is 1. The van der Waals surface area contributed by atoms with Crippen LogP contribution in [0.5, 0.6) is 0 Å². The summed E-state index contributed by atoms with van der Waals surface area (Å²) >= 11 is 0. The van der Waals surface area contributed by atoms with E-state index in [0.717, 1.165) is 6.54 Å². The number of aromatic nitrogens is 1. The van der Waals surface area contributed by atoms with Crippen molar-refractivity contribution in [2.24, 2.45) is 0 Å². The summed E-state index contributed by atoms with van der Waals surface area (Å²) in [5.41, 5.74) is 3.88. The van der Waals surface area contributed by atoms with Crippen LogP contribution < -0.4 is 9.47 Å². The van der Waals surface area contributed by atoms with Crippen LogP contribution in [0.15, 0.2) is 48.8 Å². The largest absolute Gasteiger partial charge is 0.372 e. The first-order valence-electron chi connectivity index (χ1n) is 11.8. The van der Waals surface area contributed by atoms with E-state index in [1.807, 2.05) is 0 Å². The van der Waals surface area contributed by atoms with Crippen molar-refractivity contribution < 1.29 is 4.57 Å². The van der Waals surface area contributed by atoms with Gasteiger partial charge < -0.3 is 4.90 Å². The number of nitrogens with zero attached hydrogens (tertiary/aromatic N) is 2. The molecule has 0 aliphatic heterocycles. The highest BCUT2D eigenvalue weighted by Gasteiger charge is 2.06. The molecule has 0 saturated carbocycles. The first-order chi connectivity index (χ1) is 14.3. The van der Waals surface area contributed by atoms with Gasteiger partial charge in [-0.15, -0.1) is 0 Å². The third kappa shape index (κ3) is 8.85. The van der Waals surface area contributed by atoms with Gasteiger partial charge in [0.05, 0.1) is 0 Å². The van der Waals surface area contributed by atoms with E-state index in [2.05, 4.69) is 91.2 Å². The van der Waals surface area contributed by atoms with E-state index in [1.165, 1.54) is 81.3 Å². The van der Waals surface area contributed by atoms with Gasteiger partial charge in [-0.3, -0.25) is 0 Å². The van der Waals surface area contributed by atoms with Gasteiger partial charge in [0.15, 0.2) is 12.4 Å². The molecule has 2 aromatic rings. The highest BCUT2D eigenvalue weighted by Crippen LogP contribution is 2.19. The van der Waals surface area contributed by atoms with Crippen LogP contribution in [0, 0.1) is 0 Å². The number of pyridine rings is 1. The van der Waals surface area contributed by atoms with Crippen molar-refractivity contribution in [3.05, 3.63) is 59.9 Å². The van der Waals surface area contributed by atoms with Gasteiger partial charge in [-0.2, -0.15) is 0 Å². The lowest BCUT2D eigenvalue weighted by molar-refractivity contribution is -0.693. The second kappa shape index (κ2) is 14.0. The normalized spacial score (nSPS) is 11.3. The Morgan fingerprint density at radius 3 is 1.66 bits per heavy atom. The SMILES string of the molecule is CCCCCCN(CCCCCC)c1ccc(/C=C/c2cc[n+](CC)cc2)cc1. The van der Waals surface area contributed by atoms with Gasteiger partial charge in [-0.1, -0.05) is 76.7 Å². The lowest BCUT2D eigenvalue weighted by Gasteiger charge is -2.25. The van der Waals surface area contributed by atoms with E-state index in [9.17, 15) is 0 Å². The van der Waals surface area contributed by atoms with Gasteiger partial charge in [0, 0.05) is 30.9 Å². The molecule has 29 heavy (non-hydrogen) atoms. The zero-order chi connectivity index (χ0) is 20.7. The number of rotatable bonds is 14. The van der Waals surface area contributed by atoms with Crippen LogP contribution in [0.1, 0.15) is 83.3 Å². The maximum atomic E-state index is 2.60. The topological polar surface area (TPSA) is 7.12 Å². The minimum Gasteiger partial charge on any atom is -0.372 e. The molecule has 0 bridgehead atoms. The summed E-state index contributed by atoms with van der Waals surface area (Å²) < 4.78 is 2.18. The predicted octanol–water partition coefficient (Wildman–Crippen LogP) is 7.13. The summed E-state index contributed by atoms with van der Waals surface area (Å²) in [4.78, 5) is 2.60. The monoisotopic (exact) mass is 393 g/mol. The molecule has 0 spiro atoms. The average molecular weight is 394 g/mol. The summed E-state index contributed by atoms with van der Waals surface area (Å²) in [7, 11) is 0. The van der Waals surface area contributed by atoms with Gasteiger partial charge in [-0.25, -0.2) is 4.57 Å². The fraction of sp³-hybridized carbons (Fsp3) is 0.519. The van der Waals surface area contributed by atoms with Crippen LogP contribution >= 0.6 is 0 Å². The number of anilines is 1. The fourth-order valence-corrected chi connectivity index (χ4v) is 3.61. The van der Waals surface area contributed by atoms with Crippen LogP contribution in [0.2, 0.25) is 0 Å². The summed E-state index contributed by atoms with van der Waals surface area (Å²) in [5.74, 6) is 0. The Kier molecular flexibility index (Phi) is 11.2. The van der Waals surface area contributed by atoms with Crippen LogP contribution in [0.25, 0.3) is 12.2 Å². The highest BCUT2D eigenvalue weighted by atomic mass is 15.1. The van der Waals surface area contributed by atoms with Crippen molar-refractivity contribution in [1.82, 2.24) is 0 Å². The Balaban J connectivity index is 1.96. The number of hydrogen-bond donors (Lipinski definition) is 0. The second-order valence-electron chi connectivity index (χ2n) is 8.00. The fourth-order valence-electron chi connectivity index (χ4n) is 3.61. The first kappa shape index (κ1) is 23.2. The van der Waals surface area contributed by atoms with E-state index in [1.54, 1.807) is 0 Å². The summed E-state index contributed by atoms with van der Waals surface area (Å²) in [6.45, 7) is 10.1. The summed E-state index contributed by atoms with van der Waals surface area (Å²) in [5, 5.41) is 0. The molecule has 1 aromatic carbocycles. The molecule has 0 aliphatic rings. The van der Waals surface area contributed by atoms with Crippen molar-refractivity contribution in [3.63, 3.8) is 0 Å². The van der Waals surface area contributed by atoms with Crippen molar-refractivity contribution in [2.75, 3.05) is 18.0 Å². The van der Waals surface area contributed by atoms with Gasteiger partial charge in [0.25, 0.3) is 0 Å². The Hall–Kier alpha value is -2.09. The number of unbranched alkanes of at least 4 members (excludes halogenated alkanes) is 6. The Morgan fingerprint density at radius 2 is 1.17 bits per heavy atom.